The van der Waals surface area contributed by atoms with Gasteiger partial charge >= 0.3 is 0 Å². The zero-order chi connectivity index (χ0) is 42.4. The normalized spacial score (nSPS) is 14.2. The second kappa shape index (κ2) is 19.8. The third kappa shape index (κ3) is 10.7. The Balaban J connectivity index is 0.000000204. The minimum Gasteiger partial charge on any atom is -0.495 e. The zero-order valence-corrected chi connectivity index (χ0v) is 37.9. The van der Waals surface area contributed by atoms with Crippen LogP contribution in [0.3, 0.4) is 0 Å². The van der Waals surface area contributed by atoms with E-state index in [2.05, 4.69) is 47.6 Å². The molecule has 0 spiro atoms. The third-order valence-corrected chi connectivity index (χ3v) is 12.6. The van der Waals surface area contributed by atoms with Gasteiger partial charge < -0.3 is 33.8 Å². The molecule has 0 unspecified atom stereocenters. The molecule has 0 saturated carbocycles. The van der Waals surface area contributed by atoms with Gasteiger partial charge in [0.05, 0.1) is 40.7 Å². The number of nitrogens with one attached hydrogen (secondary N) is 1. The Kier molecular flexibility index (Phi) is 14.8. The van der Waals surface area contributed by atoms with Gasteiger partial charge in [0.2, 0.25) is 17.7 Å². The van der Waals surface area contributed by atoms with Crippen molar-refractivity contribution in [2.75, 3.05) is 76.4 Å². The van der Waals surface area contributed by atoms with E-state index in [1.54, 1.807) is 42.9 Å². The first-order valence-corrected chi connectivity index (χ1v) is 21.1. The van der Waals surface area contributed by atoms with Crippen LogP contribution >= 0.6 is 69.0 Å². The monoisotopic (exact) mass is 999 g/mol. The fourth-order valence-electron chi connectivity index (χ4n) is 6.52. The molecular weight excluding hydrogens is 959 g/mol. The number of carbonyl (C=O) groups is 2. The van der Waals surface area contributed by atoms with Crippen LogP contribution in [0.5, 0.6) is 23.3 Å². The maximum atomic E-state index is 12.9. The molecule has 2 amide bonds. The average molecular weight is 1000 g/mol. The van der Waals surface area contributed by atoms with Crippen molar-refractivity contribution in [3.63, 3.8) is 0 Å². The van der Waals surface area contributed by atoms with Crippen molar-refractivity contribution in [1.82, 2.24) is 34.3 Å². The van der Waals surface area contributed by atoms with E-state index in [0.717, 1.165) is 33.9 Å². The van der Waals surface area contributed by atoms with Crippen LogP contribution in [-0.4, -0.2) is 113 Å². The lowest BCUT2D eigenvalue weighted by Gasteiger charge is -2.36. The maximum absolute atomic E-state index is 12.9. The number of methoxy groups -OCH3 is 2. The Morgan fingerprint density at radius 1 is 0.695 bits per heavy atom. The first kappa shape index (κ1) is 44.2. The van der Waals surface area contributed by atoms with E-state index >= 15 is 0 Å². The van der Waals surface area contributed by atoms with Crippen LogP contribution < -0.4 is 29.6 Å². The molecule has 2 aliphatic rings. The summed E-state index contributed by atoms with van der Waals surface area (Å²) in [5, 5.41) is 10.7. The van der Waals surface area contributed by atoms with Crippen molar-refractivity contribution in [2.24, 2.45) is 0 Å². The maximum Gasteiger partial charge on any atom is 0.258 e. The van der Waals surface area contributed by atoms with Crippen molar-refractivity contribution in [3.05, 3.63) is 100 Å². The molecule has 15 nitrogen and oxygen atoms in total. The number of halogens is 5. The lowest BCUT2D eigenvalue weighted by Crippen LogP contribution is -2.49. The van der Waals surface area contributed by atoms with Gasteiger partial charge in [0.15, 0.2) is 0 Å². The van der Waals surface area contributed by atoms with Gasteiger partial charge in [0, 0.05) is 81.9 Å². The van der Waals surface area contributed by atoms with Crippen molar-refractivity contribution in [2.45, 2.75) is 26.9 Å². The van der Waals surface area contributed by atoms with Gasteiger partial charge in [-0.25, -0.2) is 0 Å². The van der Waals surface area contributed by atoms with E-state index in [9.17, 15) is 14.4 Å². The number of amides is 2. The SMILES string of the molecule is COc1cc(N2CCN(C(=O)Cn3nc(I)c(Cl)c3C)CC2)ccc1Cl.COc1cc(N2CCN(C(=O)Cn3nc(Oc4cccc(=O)[nH]4)c(Cl)c3C)CC2)ccc1Cl. The number of aromatic amines is 1. The molecule has 2 aromatic carbocycles. The summed E-state index contributed by atoms with van der Waals surface area (Å²) < 4.78 is 20.1. The number of benzene rings is 2. The minimum atomic E-state index is -0.300. The lowest BCUT2D eigenvalue weighted by atomic mass is 10.2. The molecule has 5 aromatic rings. The van der Waals surface area contributed by atoms with Crippen molar-refractivity contribution < 1.29 is 23.8 Å². The van der Waals surface area contributed by atoms with Crippen molar-refractivity contribution in [3.8, 4) is 23.3 Å². The average Bonchev–Trinajstić information content (AvgIpc) is 3.64. The van der Waals surface area contributed by atoms with E-state index in [4.69, 9.17) is 60.6 Å². The summed E-state index contributed by atoms with van der Waals surface area (Å²) in [5.41, 5.74) is 3.16. The summed E-state index contributed by atoms with van der Waals surface area (Å²) in [4.78, 5) is 47.6. The molecule has 7 rings (SSSR count). The van der Waals surface area contributed by atoms with Crippen molar-refractivity contribution in [1.29, 1.82) is 0 Å². The molecule has 2 fully saturated rings. The Morgan fingerprint density at radius 3 is 1.61 bits per heavy atom. The topological polar surface area (TPSA) is 143 Å². The molecule has 314 valence electrons. The van der Waals surface area contributed by atoms with Crippen LogP contribution in [0, 0.1) is 17.5 Å². The predicted molar refractivity (Wildman–Crippen MR) is 237 cm³/mol. The second-order valence-electron chi connectivity index (χ2n) is 13.6. The summed E-state index contributed by atoms with van der Waals surface area (Å²) in [6.07, 6.45) is 0. The number of ether oxygens (including phenoxy) is 3. The first-order valence-electron chi connectivity index (χ1n) is 18.5. The van der Waals surface area contributed by atoms with E-state index < -0.39 is 0 Å². The highest BCUT2D eigenvalue weighted by atomic mass is 127. The van der Waals surface area contributed by atoms with Gasteiger partial charge in [0.1, 0.15) is 33.3 Å². The quantitative estimate of drug-likeness (QED) is 0.149. The van der Waals surface area contributed by atoms with E-state index in [1.165, 1.54) is 10.7 Å². The molecule has 2 aliphatic heterocycles. The number of carbonyl (C=O) groups excluding carboxylic acids is 2. The number of anilines is 2. The highest BCUT2D eigenvalue weighted by Gasteiger charge is 2.26. The fourth-order valence-corrected chi connectivity index (χ4v) is 7.87. The highest BCUT2D eigenvalue weighted by molar-refractivity contribution is 14.1. The second-order valence-corrected chi connectivity index (χ2v) is 16.2. The van der Waals surface area contributed by atoms with Crippen molar-refractivity contribution >= 4 is 92.2 Å². The third-order valence-electron chi connectivity index (χ3n) is 9.98. The molecular formula is C39H42Cl4IN9O6. The molecule has 0 bridgehead atoms. The van der Waals surface area contributed by atoms with Crippen LogP contribution in [0.2, 0.25) is 20.1 Å². The summed E-state index contributed by atoms with van der Waals surface area (Å²) in [7, 11) is 3.19. The van der Waals surface area contributed by atoms with Crippen LogP contribution in [0.4, 0.5) is 11.4 Å². The van der Waals surface area contributed by atoms with E-state index in [0.29, 0.717) is 71.5 Å². The van der Waals surface area contributed by atoms with Crippen LogP contribution in [-0.2, 0) is 22.7 Å². The van der Waals surface area contributed by atoms with Gasteiger partial charge in [-0.05, 0) is 66.8 Å². The lowest BCUT2D eigenvalue weighted by molar-refractivity contribution is -0.133. The number of rotatable bonds is 10. The number of piperazine rings is 2. The highest BCUT2D eigenvalue weighted by Crippen LogP contribution is 2.32. The number of aromatic nitrogens is 5. The zero-order valence-electron chi connectivity index (χ0n) is 32.7. The van der Waals surface area contributed by atoms with Crippen LogP contribution in [0.15, 0.2) is 59.4 Å². The number of nitrogens with zero attached hydrogens (tertiary/aromatic N) is 8. The summed E-state index contributed by atoms with van der Waals surface area (Å²) >= 11 is 26.8. The van der Waals surface area contributed by atoms with Crippen LogP contribution in [0.25, 0.3) is 0 Å². The molecule has 5 heterocycles. The Bertz CT molecular complexity index is 2360. The van der Waals surface area contributed by atoms with Gasteiger partial charge in [-0.3, -0.25) is 28.7 Å². The van der Waals surface area contributed by atoms with E-state index in [-0.39, 0.29) is 47.2 Å². The Hall–Kier alpha value is -4.36. The molecule has 0 aliphatic carbocycles. The number of hydrogen-bond donors (Lipinski definition) is 1. The molecule has 59 heavy (non-hydrogen) atoms. The van der Waals surface area contributed by atoms with E-state index in [1.807, 2.05) is 48.2 Å². The largest absolute Gasteiger partial charge is 0.495 e. The van der Waals surface area contributed by atoms with Gasteiger partial charge in [0.25, 0.3) is 11.4 Å². The number of hydrogen-bond acceptors (Lipinski definition) is 10. The summed E-state index contributed by atoms with van der Waals surface area (Å²) in [5.74, 6) is 1.61. The summed E-state index contributed by atoms with van der Waals surface area (Å²) in [6, 6.07) is 15.9. The minimum absolute atomic E-state index is 0.0367. The standard InChI is InChI=1S/C22H23Cl2N5O4.C17H19Cl2IN4O2/c1-14-21(24)22(33-19-5-3-4-18(30)25-19)26-29(14)13-20(31)28-10-8-27(9-11-28)15-6-7-16(23)17(12-15)32-2;1-11-16(19)17(20)21-24(11)10-15(25)23-7-5-22(6-8-23)12-3-4-13(18)14(9-12)26-2/h3-7,12H,8-11,13H2,1-2H3,(H,25,30);3-4,9H,5-8,10H2,1-2H3. The van der Waals surface area contributed by atoms with Gasteiger partial charge in [-0.15, -0.1) is 5.10 Å². The Labute approximate surface area is 374 Å². The number of H-pyrrole nitrogens is 1. The first-order chi connectivity index (χ1) is 28.3. The van der Waals surface area contributed by atoms with Gasteiger partial charge in [-0.1, -0.05) is 52.5 Å². The summed E-state index contributed by atoms with van der Waals surface area (Å²) in [6.45, 7) is 9.24. The van der Waals surface area contributed by atoms with Crippen LogP contribution in [0.1, 0.15) is 11.4 Å². The predicted octanol–water partition coefficient (Wildman–Crippen LogP) is 6.80. The Morgan fingerprint density at radius 2 is 1.17 bits per heavy atom. The fraction of sp³-hybridized carbons (Fsp3) is 0.359. The molecule has 20 heteroatoms. The molecule has 0 atom stereocenters. The molecule has 1 N–H and O–H groups in total. The molecule has 3 aromatic heterocycles. The molecule has 2 saturated heterocycles. The molecule has 0 radical (unpaired) electrons. The van der Waals surface area contributed by atoms with Gasteiger partial charge in [-0.2, -0.15) is 5.10 Å². The number of pyridine rings is 1. The smallest absolute Gasteiger partial charge is 0.258 e.